The van der Waals surface area contributed by atoms with Gasteiger partial charge in [0, 0.05) is 0 Å². The summed E-state index contributed by atoms with van der Waals surface area (Å²) in [4.78, 5) is 3.94. The van der Waals surface area contributed by atoms with E-state index in [1.54, 1.807) is 5.38 Å². The number of nitrogens with one attached hydrogen (secondary N) is 1. The Bertz CT molecular complexity index is 383. The summed E-state index contributed by atoms with van der Waals surface area (Å²) in [5, 5.41) is 1.58. The minimum absolute atomic E-state index is 0.393. The van der Waals surface area contributed by atoms with E-state index < -0.39 is 24.4 Å². The van der Waals surface area contributed by atoms with E-state index in [1.807, 2.05) is 6.92 Å². The molecule has 0 fully saturated rings. The van der Waals surface area contributed by atoms with Gasteiger partial charge in [-0.05, 0) is 0 Å². The average molecular weight is 220 g/mol. The van der Waals surface area contributed by atoms with Crippen molar-refractivity contribution in [2.24, 2.45) is 0 Å². The molecule has 1 aromatic heterocycles. The Hall–Kier alpha value is -0.460. The van der Waals surface area contributed by atoms with Crippen LogP contribution < -0.4 is 0 Å². The maximum Gasteiger partial charge on any atom is 0.336 e. The molecule has 1 heterocycles. The number of rotatable bonds is 3. The lowest BCUT2D eigenvalue weighted by atomic mass is 10.2. The molecule has 2 atom stereocenters. The van der Waals surface area contributed by atoms with Crippen molar-refractivity contribution in [3.63, 3.8) is 0 Å². The second-order valence-electron chi connectivity index (χ2n) is 2.77. The van der Waals surface area contributed by atoms with E-state index >= 15 is 0 Å². The van der Waals surface area contributed by atoms with Crippen LogP contribution in [0.3, 0.4) is 0 Å². The molecule has 0 saturated carbocycles. The SMILES string of the molecule is CC[C@H]([NH-])c1c[s+](S(C)(=O)=O)cn1. The molecule has 6 heteroatoms. The van der Waals surface area contributed by atoms with Gasteiger partial charge in [-0.1, -0.05) is 19.4 Å². The largest absolute Gasteiger partial charge is 0.669 e. The van der Waals surface area contributed by atoms with Gasteiger partial charge in [0.15, 0.2) is 5.38 Å². The maximum absolute atomic E-state index is 11.1. The van der Waals surface area contributed by atoms with E-state index in [1.165, 1.54) is 11.8 Å². The molecule has 0 aliphatic carbocycles. The first-order chi connectivity index (χ1) is 5.95. The number of hydrogen-bond acceptors (Lipinski definition) is 3. The van der Waals surface area contributed by atoms with Crippen molar-refractivity contribution in [3.8, 4) is 0 Å². The van der Waals surface area contributed by atoms with Gasteiger partial charge in [-0.3, -0.25) is 0 Å². The van der Waals surface area contributed by atoms with Crippen molar-refractivity contribution in [3.05, 3.63) is 22.3 Å². The molecule has 1 rings (SSSR count). The summed E-state index contributed by atoms with van der Waals surface area (Å²) in [7, 11) is -3.96. The van der Waals surface area contributed by atoms with Gasteiger partial charge in [-0.2, -0.15) is 8.42 Å². The molecule has 0 saturated heterocycles. The average Bonchev–Trinajstić information content (AvgIpc) is 2.50. The molecular formula is C7H12N2O2S2. The highest BCUT2D eigenvalue weighted by Crippen LogP contribution is 2.28. The Morgan fingerprint density at radius 3 is 2.69 bits per heavy atom. The van der Waals surface area contributed by atoms with Crippen molar-refractivity contribution in [2.75, 3.05) is 6.26 Å². The van der Waals surface area contributed by atoms with Crippen LogP contribution >= 0.6 is 9.50 Å². The van der Waals surface area contributed by atoms with Crippen LogP contribution in [0.15, 0.2) is 10.9 Å². The number of aromatic nitrogens is 1. The second kappa shape index (κ2) is 3.73. The van der Waals surface area contributed by atoms with Gasteiger partial charge < -0.3 is 5.73 Å². The predicted octanol–water partition coefficient (Wildman–Crippen LogP) is 2.14. The van der Waals surface area contributed by atoms with Crippen LogP contribution in [0.25, 0.3) is 5.73 Å². The summed E-state index contributed by atoms with van der Waals surface area (Å²) in [6, 6.07) is -0.393. The second-order valence-corrected chi connectivity index (χ2v) is 8.25. The van der Waals surface area contributed by atoms with E-state index in [-0.39, 0.29) is 0 Å². The van der Waals surface area contributed by atoms with Gasteiger partial charge in [0.05, 0.1) is 11.9 Å². The summed E-state index contributed by atoms with van der Waals surface area (Å²) in [5.41, 5.74) is 9.54. The van der Waals surface area contributed by atoms with Crippen LogP contribution in [-0.2, 0) is 8.87 Å². The third-order valence-corrected chi connectivity index (χ3v) is 5.79. The van der Waals surface area contributed by atoms with Gasteiger partial charge in [0.2, 0.25) is 5.51 Å². The lowest BCUT2D eigenvalue weighted by Crippen LogP contribution is -1.89. The number of nitrogens with zero attached hydrogens (tertiary/aromatic N) is 1. The minimum atomic E-state index is -3.06. The van der Waals surface area contributed by atoms with Crippen LogP contribution in [0, 0.1) is 0 Å². The molecule has 1 aromatic rings. The number of thiazole rings is 1. The van der Waals surface area contributed by atoms with Gasteiger partial charge in [-0.25, -0.2) is 4.98 Å². The lowest BCUT2D eigenvalue weighted by Gasteiger charge is -2.11. The van der Waals surface area contributed by atoms with E-state index in [0.717, 1.165) is 0 Å². The van der Waals surface area contributed by atoms with Crippen LogP contribution in [0.5, 0.6) is 0 Å². The highest BCUT2D eigenvalue weighted by atomic mass is 33.2. The summed E-state index contributed by atoms with van der Waals surface area (Å²) in [6.45, 7) is 1.88. The fourth-order valence-corrected chi connectivity index (χ4v) is 3.34. The van der Waals surface area contributed by atoms with E-state index in [0.29, 0.717) is 12.1 Å². The fourth-order valence-electron chi connectivity index (χ4n) is 0.839. The molecule has 0 aliphatic rings. The molecular weight excluding hydrogens is 208 g/mol. The van der Waals surface area contributed by atoms with Crippen molar-refractivity contribution in [2.45, 2.75) is 19.4 Å². The van der Waals surface area contributed by atoms with Gasteiger partial charge >= 0.3 is 8.87 Å². The molecule has 0 bridgehead atoms. The van der Waals surface area contributed by atoms with Crippen LogP contribution in [0.4, 0.5) is 0 Å². The summed E-state index contributed by atoms with van der Waals surface area (Å²) in [5.74, 6) is 0. The standard InChI is InChI=1S/C7H12N2O2S2/c1-3-6(8)7-4-12(5-9-7)13(2,10)11/h4-6,8H,3H2,1-2H3/t6-,12?/m0/s1. The van der Waals surface area contributed by atoms with Crippen molar-refractivity contribution in [1.29, 1.82) is 0 Å². The maximum atomic E-state index is 11.1. The zero-order chi connectivity index (χ0) is 10.1. The van der Waals surface area contributed by atoms with Crippen LogP contribution in [-0.4, -0.2) is 19.7 Å². The number of hydrogen-bond donors (Lipinski definition) is 0. The lowest BCUT2D eigenvalue weighted by molar-refractivity contribution is 0.615. The van der Waals surface area contributed by atoms with Gasteiger partial charge in [0.1, 0.15) is 9.50 Å². The Labute approximate surface area is 80.1 Å². The predicted molar refractivity (Wildman–Crippen MR) is 54.3 cm³/mol. The molecule has 1 unspecified atom stereocenters. The normalized spacial score (nSPS) is 15.8. The third kappa shape index (κ3) is 2.49. The zero-order valence-corrected chi connectivity index (χ0v) is 9.15. The van der Waals surface area contributed by atoms with Crippen LogP contribution in [0.2, 0.25) is 0 Å². The summed E-state index contributed by atoms with van der Waals surface area (Å²) < 4.78 is 22.2. The minimum Gasteiger partial charge on any atom is -0.669 e. The van der Waals surface area contributed by atoms with Gasteiger partial charge in [0.25, 0.3) is 0 Å². The van der Waals surface area contributed by atoms with Gasteiger partial charge in [-0.15, -0.1) is 0 Å². The highest BCUT2D eigenvalue weighted by Gasteiger charge is 2.20. The first kappa shape index (κ1) is 10.6. The van der Waals surface area contributed by atoms with E-state index in [4.69, 9.17) is 5.73 Å². The Balaban J connectivity index is 3.00. The molecule has 0 radical (unpaired) electrons. The van der Waals surface area contributed by atoms with Crippen molar-refractivity contribution < 1.29 is 8.42 Å². The van der Waals surface area contributed by atoms with Crippen molar-refractivity contribution in [1.82, 2.24) is 4.98 Å². The summed E-state index contributed by atoms with van der Waals surface area (Å²) >= 11 is 0. The highest BCUT2D eigenvalue weighted by molar-refractivity contribution is 8.38. The molecule has 0 spiro atoms. The molecule has 1 N–H and O–H groups in total. The molecule has 0 aliphatic heterocycles. The molecule has 0 aromatic carbocycles. The van der Waals surface area contributed by atoms with E-state index in [2.05, 4.69) is 4.98 Å². The molecule has 13 heavy (non-hydrogen) atoms. The van der Waals surface area contributed by atoms with Crippen LogP contribution in [0.1, 0.15) is 25.1 Å². The van der Waals surface area contributed by atoms with Crippen molar-refractivity contribution >= 4 is 18.4 Å². The Morgan fingerprint density at radius 2 is 2.31 bits per heavy atom. The summed E-state index contributed by atoms with van der Waals surface area (Å²) in [6.07, 6.45) is 1.84. The fraction of sp³-hybridized carbons (Fsp3) is 0.571. The molecule has 74 valence electrons. The molecule has 0 amide bonds. The Morgan fingerprint density at radius 1 is 1.69 bits per heavy atom. The smallest absolute Gasteiger partial charge is 0.336 e. The van der Waals surface area contributed by atoms with E-state index in [9.17, 15) is 8.42 Å². The Kier molecular flexibility index (Phi) is 3.05. The zero-order valence-electron chi connectivity index (χ0n) is 7.52. The first-order valence-electron chi connectivity index (χ1n) is 3.84. The monoisotopic (exact) mass is 220 g/mol. The quantitative estimate of drug-likeness (QED) is 0.578. The topological polar surface area (TPSA) is 70.8 Å². The third-order valence-electron chi connectivity index (χ3n) is 1.66. The molecule has 4 nitrogen and oxygen atoms in total. The first-order valence-corrected chi connectivity index (χ1v) is 7.60.